The van der Waals surface area contributed by atoms with Crippen LogP contribution in [0.2, 0.25) is 0 Å². The Morgan fingerprint density at radius 1 is 0.261 bits per heavy atom. The van der Waals surface area contributed by atoms with E-state index in [4.69, 9.17) is 9.47 Å². The molecule has 0 radical (unpaired) electrons. The van der Waals surface area contributed by atoms with Gasteiger partial charge in [-0.05, 0) is 122 Å². The predicted octanol–water partition coefficient (Wildman–Crippen LogP) is 26.2. The summed E-state index contributed by atoms with van der Waals surface area (Å²) in [6.07, 6.45) is 117. The van der Waals surface area contributed by atoms with Gasteiger partial charge in [0.25, 0.3) is 0 Å². The molecule has 1 unspecified atom stereocenters. The molecule has 0 aromatic heterocycles. The second-order valence-corrected chi connectivity index (χ2v) is 24.3. The Balaban J connectivity index is 3.49. The zero-order chi connectivity index (χ0) is 63.3. The minimum atomic E-state index is -0.789. The van der Waals surface area contributed by atoms with Crippen LogP contribution in [0.15, 0.2) is 158 Å². The van der Waals surface area contributed by atoms with Crippen LogP contribution in [0.5, 0.6) is 0 Å². The van der Waals surface area contributed by atoms with Crippen LogP contribution >= 0.6 is 0 Å². The van der Waals surface area contributed by atoms with Gasteiger partial charge in [-0.25, -0.2) is 0 Å². The van der Waals surface area contributed by atoms with Crippen molar-refractivity contribution >= 4 is 11.9 Å². The third kappa shape index (κ3) is 74.0. The van der Waals surface area contributed by atoms with Crippen molar-refractivity contribution in [2.24, 2.45) is 0 Å². The summed E-state index contributed by atoms with van der Waals surface area (Å²) in [5.74, 6) is -0.599. The molecule has 0 aromatic carbocycles. The highest BCUT2D eigenvalue weighted by atomic mass is 16.6. The smallest absolute Gasteiger partial charge is 0.306 e. The van der Waals surface area contributed by atoms with Crippen molar-refractivity contribution in [2.75, 3.05) is 13.2 Å². The number of carbonyl (C=O) groups excluding carboxylic acids is 2. The molecule has 1 atom stereocenters. The van der Waals surface area contributed by atoms with Crippen LogP contribution in [-0.2, 0) is 19.1 Å². The first-order chi connectivity index (χ1) is 43.6. The molecule has 0 bridgehead atoms. The molecule has 5 heteroatoms. The highest BCUT2D eigenvalue weighted by Crippen LogP contribution is 2.18. The summed E-state index contributed by atoms with van der Waals surface area (Å²) >= 11 is 0. The molecule has 0 aliphatic carbocycles. The first-order valence-corrected chi connectivity index (χ1v) is 37.0. The second-order valence-electron chi connectivity index (χ2n) is 24.3. The molecule has 1 N–H and O–H groups in total. The van der Waals surface area contributed by atoms with Gasteiger partial charge >= 0.3 is 11.9 Å². The summed E-state index contributed by atoms with van der Waals surface area (Å²) in [6.45, 7) is 3.93. The molecule has 0 aromatic rings. The molecule has 5 nitrogen and oxygen atoms in total. The standard InChI is InChI=1S/C83H138O5/c1-3-5-7-9-11-13-15-17-19-21-23-25-27-29-31-33-35-37-39-40-41-42-44-45-47-49-51-53-55-57-59-61-63-65-67-69-71-73-75-77-82(85)87-80-81(79-84)88-83(86)78-76-74-72-70-68-66-64-62-60-58-56-54-52-50-48-46-43-38-36-34-32-30-28-26-24-22-20-18-16-14-12-10-8-6-4-2/h5-8,11-14,17-20,23-26,30,32,36,38,46,48,52,54,58,60,81,84H,3-4,9-10,15-16,21-22,27-29,31,33-35,37,39-45,47,49-51,53,55-57,59,61-80H2,1-2H3/b7-5-,8-6-,13-11-,14-12-,19-17-,20-18-,25-23-,26-24-,32-30-,38-36-,48-46-,54-52-,60-58-. The Morgan fingerprint density at radius 3 is 0.682 bits per heavy atom. The highest BCUT2D eigenvalue weighted by Gasteiger charge is 2.16. The van der Waals surface area contributed by atoms with E-state index in [9.17, 15) is 14.7 Å². The van der Waals surface area contributed by atoms with Crippen LogP contribution in [0.1, 0.15) is 335 Å². The molecule has 0 heterocycles. The number of allylic oxidation sites excluding steroid dienone is 26. The molecule has 0 saturated carbocycles. The van der Waals surface area contributed by atoms with E-state index >= 15 is 0 Å². The third-order valence-electron chi connectivity index (χ3n) is 15.8. The van der Waals surface area contributed by atoms with Gasteiger partial charge in [-0.15, -0.1) is 0 Å². The summed E-state index contributed by atoms with van der Waals surface area (Å²) < 4.78 is 10.8. The van der Waals surface area contributed by atoms with Gasteiger partial charge in [0.1, 0.15) is 6.61 Å². The number of hydrogen-bond acceptors (Lipinski definition) is 5. The van der Waals surface area contributed by atoms with Crippen LogP contribution in [0.3, 0.4) is 0 Å². The van der Waals surface area contributed by atoms with Gasteiger partial charge in [-0.1, -0.05) is 358 Å². The maximum atomic E-state index is 12.4. The molecule has 0 spiro atoms. The van der Waals surface area contributed by atoms with Crippen molar-refractivity contribution in [3.63, 3.8) is 0 Å². The second kappa shape index (κ2) is 76.8. The Kier molecular flexibility index (Phi) is 72.9. The number of aliphatic hydroxyl groups is 1. The molecule has 0 fully saturated rings. The molecule has 0 aliphatic rings. The maximum Gasteiger partial charge on any atom is 0.306 e. The highest BCUT2D eigenvalue weighted by molar-refractivity contribution is 5.70. The van der Waals surface area contributed by atoms with Gasteiger partial charge in [0, 0.05) is 12.8 Å². The average Bonchev–Trinajstić information content (AvgIpc) is 3.54. The van der Waals surface area contributed by atoms with E-state index in [0.717, 1.165) is 128 Å². The summed E-state index contributed by atoms with van der Waals surface area (Å²) in [7, 11) is 0. The van der Waals surface area contributed by atoms with Gasteiger partial charge in [-0.3, -0.25) is 9.59 Å². The number of unbranched alkanes of at least 4 members (excludes halogenated alkanes) is 33. The van der Waals surface area contributed by atoms with E-state index < -0.39 is 6.10 Å². The SMILES string of the molecule is CC/C=C\C/C=C\C/C=C\C/C=C\C/C=C\C/C=C\C/C=C\C/C=C\C/C=C\CCCCCCCCCC(=O)OC(CO)COC(=O)CCCCCCCCCCCCCCCCCCCCCCCCCCCC/C=C\C/C=C\C/C=C\C/C=C\CC. The molecule has 500 valence electrons. The molecule has 0 rings (SSSR count). The van der Waals surface area contributed by atoms with Crippen molar-refractivity contribution < 1.29 is 24.2 Å². The van der Waals surface area contributed by atoms with E-state index in [-0.39, 0.29) is 25.2 Å². The van der Waals surface area contributed by atoms with Gasteiger partial charge in [0.2, 0.25) is 0 Å². The van der Waals surface area contributed by atoms with Crippen molar-refractivity contribution in [1.82, 2.24) is 0 Å². The topological polar surface area (TPSA) is 72.8 Å². The lowest BCUT2D eigenvalue weighted by Gasteiger charge is -2.15. The van der Waals surface area contributed by atoms with Gasteiger partial charge in [0.05, 0.1) is 6.61 Å². The molecule has 0 saturated heterocycles. The minimum Gasteiger partial charge on any atom is -0.462 e. The molecular formula is C83H138O5. The van der Waals surface area contributed by atoms with Gasteiger partial charge < -0.3 is 14.6 Å². The van der Waals surface area contributed by atoms with Crippen LogP contribution in [0.25, 0.3) is 0 Å². The lowest BCUT2D eigenvalue weighted by molar-refractivity contribution is -0.161. The van der Waals surface area contributed by atoms with E-state index in [1.807, 2.05) is 0 Å². The first-order valence-electron chi connectivity index (χ1n) is 37.0. The number of aliphatic hydroxyl groups excluding tert-OH is 1. The number of esters is 2. The molecule has 0 amide bonds. The largest absolute Gasteiger partial charge is 0.462 e. The Bertz CT molecular complexity index is 1860. The summed E-state index contributed by atoms with van der Waals surface area (Å²) in [6, 6.07) is 0. The molecule has 88 heavy (non-hydrogen) atoms. The van der Waals surface area contributed by atoms with Gasteiger partial charge in [-0.2, -0.15) is 0 Å². The minimum absolute atomic E-state index is 0.0753. The predicted molar refractivity (Wildman–Crippen MR) is 389 cm³/mol. The van der Waals surface area contributed by atoms with Crippen LogP contribution in [0.4, 0.5) is 0 Å². The first kappa shape index (κ1) is 83.5. The third-order valence-corrected chi connectivity index (χ3v) is 15.8. The zero-order valence-electron chi connectivity index (χ0n) is 57.4. The van der Waals surface area contributed by atoms with Crippen molar-refractivity contribution in [2.45, 2.75) is 341 Å². The van der Waals surface area contributed by atoms with E-state index in [1.54, 1.807) is 0 Å². The fourth-order valence-electron chi connectivity index (χ4n) is 10.4. The quantitative estimate of drug-likeness (QED) is 0.0373. The van der Waals surface area contributed by atoms with Crippen molar-refractivity contribution in [3.05, 3.63) is 158 Å². The van der Waals surface area contributed by atoms with Crippen LogP contribution in [-0.4, -0.2) is 36.4 Å². The van der Waals surface area contributed by atoms with Crippen molar-refractivity contribution in [1.29, 1.82) is 0 Å². The normalized spacial score (nSPS) is 13.2. The summed E-state index contributed by atoms with van der Waals surface area (Å²) in [5.41, 5.74) is 0. The average molecular weight is 1220 g/mol. The fourth-order valence-corrected chi connectivity index (χ4v) is 10.4. The fraction of sp³-hybridized carbons (Fsp3) is 0.663. The monoisotopic (exact) mass is 1220 g/mol. The number of hydrogen-bond donors (Lipinski definition) is 1. The lowest BCUT2D eigenvalue weighted by Crippen LogP contribution is -2.28. The van der Waals surface area contributed by atoms with Crippen LogP contribution < -0.4 is 0 Å². The van der Waals surface area contributed by atoms with Crippen molar-refractivity contribution in [3.8, 4) is 0 Å². The summed E-state index contributed by atoms with van der Waals surface area (Å²) in [4.78, 5) is 24.7. The number of carbonyl (C=O) groups is 2. The molecule has 0 aliphatic heterocycles. The Hall–Kier alpha value is -4.48. The number of rotatable bonds is 67. The lowest BCUT2D eigenvalue weighted by atomic mass is 10.0. The number of ether oxygens (including phenoxy) is 2. The zero-order valence-corrected chi connectivity index (χ0v) is 57.4. The molecular weight excluding hydrogens is 1080 g/mol. The Labute approximate surface area is 545 Å². The van der Waals surface area contributed by atoms with E-state index in [0.29, 0.717) is 12.8 Å². The van der Waals surface area contributed by atoms with Gasteiger partial charge in [0.15, 0.2) is 6.10 Å². The van der Waals surface area contributed by atoms with Crippen LogP contribution in [0, 0.1) is 0 Å². The van der Waals surface area contributed by atoms with E-state index in [1.165, 1.54) is 180 Å². The Morgan fingerprint density at radius 2 is 0.455 bits per heavy atom. The van der Waals surface area contributed by atoms with E-state index in [2.05, 4.69) is 172 Å². The maximum absolute atomic E-state index is 12.4. The summed E-state index contributed by atoms with van der Waals surface area (Å²) in [5, 5.41) is 9.71.